The molecule has 0 aromatic heterocycles. The number of carbonyl (C=O) groups excluding carboxylic acids is 3. The van der Waals surface area contributed by atoms with Crippen molar-refractivity contribution in [3.05, 3.63) is 0 Å². The second-order valence-electron chi connectivity index (χ2n) is 3.21. The molecule has 1 saturated heterocycles. The third-order valence-electron chi connectivity index (χ3n) is 2.17. The minimum Gasteiger partial charge on any atom is -0.464 e. The third kappa shape index (κ3) is 1.99. The standard InChI is InChI=1S/C9H14N2O4/c1-3-10-9(8(14)15-4-2)5-6(12)11-7(9)13/h10H,3-5H2,1-2H3,(H,11,12,13)/t9-/m1/s1. The number of carbonyl (C=O) groups is 3. The lowest BCUT2D eigenvalue weighted by atomic mass is 9.97. The van der Waals surface area contributed by atoms with Crippen LogP contribution in [-0.4, -0.2) is 36.5 Å². The maximum Gasteiger partial charge on any atom is 0.336 e. The van der Waals surface area contributed by atoms with Crippen molar-refractivity contribution in [2.45, 2.75) is 25.8 Å². The van der Waals surface area contributed by atoms with Crippen molar-refractivity contribution in [1.29, 1.82) is 0 Å². The van der Waals surface area contributed by atoms with Gasteiger partial charge in [-0.15, -0.1) is 0 Å². The van der Waals surface area contributed by atoms with Gasteiger partial charge in [-0.3, -0.25) is 20.2 Å². The van der Waals surface area contributed by atoms with Gasteiger partial charge >= 0.3 is 5.97 Å². The molecule has 2 N–H and O–H groups in total. The first-order chi connectivity index (χ1) is 7.06. The van der Waals surface area contributed by atoms with Crippen LogP contribution >= 0.6 is 0 Å². The van der Waals surface area contributed by atoms with Gasteiger partial charge in [0.2, 0.25) is 11.4 Å². The topological polar surface area (TPSA) is 84.5 Å². The molecule has 15 heavy (non-hydrogen) atoms. The van der Waals surface area contributed by atoms with Crippen molar-refractivity contribution < 1.29 is 19.1 Å². The maximum absolute atomic E-state index is 11.6. The average molecular weight is 214 g/mol. The Morgan fingerprint density at radius 1 is 1.53 bits per heavy atom. The van der Waals surface area contributed by atoms with Crippen LogP contribution in [0.5, 0.6) is 0 Å². The Balaban J connectivity index is 2.92. The molecule has 0 aliphatic carbocycles. The van der Waals surface area contributed by atoms with Crippen molar-refractivity contribution >= 4 is 17.8 Å². The van der Waals surface area contributed by atoms with Crippen LogP contribution in [0, 0.1) is 0 Å². The predicted molar refractivity (Wildman–Crippen MR) is 50.8 cm³/mol. The van der Waals surface area contributed by atoms with Crippen molar-refractivity contribution in [2.24, 2.45) is 0 Å². The molecule has 1 aliphatic rings. The summed E-state index contributed by atoms with van der Waals surface area (Å²) < 4.78 is 4.79. The number of hydrogen-bond acceptors (Lipinski definition) is 5. The highest BCUT2D eigenvalue weighted by molar-refractivity contribution is 6.19. The summed E-state index contributed by atoms with van der Waals surface area (Å²) in [5, 5.41) is 4.81. The monoisotopic (exact) mass is 214 g/mol. The quantitative estimate of drug-likeness (QED) is 0.354. The minimum atomic E-state index is -1.53. The van der Waals surface area contributed by atoms with Crippen LogP contribution in [0.4, 0.5) is 0 Å². The van der Waals surface area contributed by atoms with Crippen LogP contribution in [-0.2, 0) is 19.1 Å². The zero-order chi connectivity index (χ0) is 11.5. The highest BCUT2D eigenvalue weighted by atomic mass is 16.5. The molecule has 1 aliphatic heterocycles. The first-order valence-corrected chi connectivity index (χ1v) is 4.83. The normalized spacial score (nSPS) is 25.2. The van der Waals surface area contributed by atoms with E-state index < -0.39 is 23.3 Å². The van der Waals surface area contributed by atoms with Gasteiger partial charge in [0, 0.05) is 0 Å². The van der Waals surface area contributed by atoms with E-state index >= 15 is 0 Å². The molecule has 2 amide bonds. The van der Waals surface area contributed by atoms with E-state index in [0.717, 1.165) is 0 Å². The number of hydrogen-bond donors (Lipinski definition) is 2. The molecular weight excluding hydrogens is 200 g/mol. The van der Waals surface area contributed by atoms with Crippen LogP contribution in [0.25, 0.3) is 0 Å². The van der Waals surface area contributed by atoms with Gasteiger partial charge in [0.05, 0.1) is 13.0 Å². The second-order valence-corrected chi connectivity index (χ2v) is 3.21. The molecule has 1 atom stereocenters. The lowest BCUT2D eigenvalue weighted by Crippen LogP contribution is -2.57. The molecule has 0 spiro atoms. The van der Waals surface area contributed by atoms with Crippen LogP contribution in [0.3, 0.4) is 0 Å². The largest absolute Gasteiger partial charge is 0.464 e. The molecule has 0 aromatic rings. The van der Waals surface area contributed by atoms with E-state index in [1.807, 2.05) is 0 Å². The maximum atomic E-state index is 11.6. The zero-order valence-corrected chi connectivity index (χ0v) is 8.75. The summed E-state index contributed by atoms with van der Waals surface area (Å²) in [6.45, 7) is 3.97. The van der Waals surface area contributed by atoms with Gasteiger partial charge in [0.25, 0.3) is 5.91 Å². The van der Waals surface area contributed by atoms with Crippen LogP contribution in [0.15, 0.2) is 0 Å². The number of amides is 2. The molecule has 1 rings (SSSR count). The lowest BCUT2D eigenvalue weighted by molar-refractivity contribution is -0.154. The Morgan fingerprint density at radius 2 is 2.20 bits per heavy atom. The first-order valence-electron chi connectivity index (χ1n) is 4.83. The highest BCUT2D eigenvalue weighted by Gasteiger charge is 2.53. The number of ether oxygens (including phenoxy) is 1. The van der Waals surface area contributed by atoms with Crippen LogP contribution in [0.2, 0.25) is 0 Å². The van der Waals surface area contributed by atoms with Gasteiger partial charge < -0.3 is 4.74 Å². The van der Waals surface area contributed by atoms with E-state index in [-0.39, 0.29) is 13.0 Å². The van der Waals surface area contributed by atoms with Gasteiger partial charge in [0.15, 0.2) is 0 Å². The SMILES string of the molecule is CCN[C@]1(C(=O)OCC)CC(=O)NC1=O. The summed E-state index contributed by atoms with van der Waals surface area (Å²) >= 11 is 0. The number of imide groups is 1. The number of esters is 1. The molecule has 84 valence electrons. The minimum absolute atomic E-state index is 0.174. The van der Waals surface area contributed by atoms with E-state index in [0.29, 0.717) is 6.54 Å². The van der Waals surface area contributed by atoms with Gasteiger partial charge in [-0.25, -0.2) is 4.79 Å². The molecular formula is C9H14N2O4. The Bertz CT molecular complexity index is 302. The van der Waals surface area contributed by atoms with E-state index in [9.17, 15) is 14.4 Å². The average Bonchev–Trinajstić information content (AvgIpc) is 2.43. The van der Waals surface area contributed by atoms with Crippen molar-refractivity contribution in [3.63, 3.8) is 0 Å². The molecule has 0 bridgehead atoms. The van der Waals surface area contributed by atoms with Crippen molar-refractivity contribution in [1.82, 2.24) is 10.6 Å². The summed E-state index contributed by atoms with van der Waals surface area (Å²) in [6.07, 6.45) is -0.196. The predicted octanol–water partition coefficient (Wildman–Crippen LogP) is -1.06. The molecule has 0 aromatic carbocycles. The van der Waals surface area contributed by atoms with Gasteiger partial charge in [0.1, 0.15) is 0 Å². The number of rotatable bonds is 4. The van der Waals surface area contributed by atoms with Crippen molar-refractivity contribution in [2.75, 3.05) is 13.2 Å². The van der Waals surface area contributed by atoms with Crippen molar-refractivity contribution in [3.8, 4) is 0 Å². The number of nitrogens with one attached hydrogen (secondary N) is 2. The van der Waals surface area contributed by atoms with Crippen LogP contribution in [0.1, 0.15) is 20.3 Å². The van der Waals surface area contributed by atoms with E-state index in [1.165, 1.54) is 0 Å². The first kappa shape index (κ1) is 11.6. The van der Waals surface area contributed by atoms with Crippen LogP contribution < -0.4 is 10.6 Å². The smallest absolute Gasteiger partial charge is 0.336 e. The summed E-state index contributed by atoms with van der Waals surface area (Å²) in [7, 11) is 0. The Hall–Kier alpha value is -1.43. The fraction of sp³-hybridized carbons (Fsp3) is 0.667. The molecule has 0 saturated carbocycles. The Kier molecular flexibility index (Phi) is 3.41. The summed E-state index contributed by atoms with van der Waals surface area (Å²) in [4.78, 5) is 34.2. The lowest BCUT2D eigenvalue weighted by Gasteiger charge is -2.23. The third-order valence-corrected chi connectivity index (χ3v) is 2.17. The fourth-order valence-corrected chi connectivity index (χ4v) is 1.53. The summed E-state index contributed by atoms with van der Waals surface area (Å²) in [6, 6.07) is 0. The Labute approximate surface area is 87.4 Å². The summed E-state index contributed by atoms with van der Waals surface area (Å²) in [5.41, 5.74) is -1.53. The molecule has 6 nitrogen and oxygen atoms in total. The molecule has 6 heteroatoms. The number of likely N-dealkylation sites (N-methyl/N-ethyl adjacent to an activating group) is 1. The fourth-order valence-electron chi connectivity index (χ4n) is 1.53. The molecule has 0 unspecified atom stereocenters. The second kappa shape index (κ2) is 4.39. The zero-order valence-electron chi connectivity index (χ0n) is 8.75. The Morgan fingerprint density at radius 3 is 2.60 bits per heavy atom. The van der Waals surface area contributed by atoms with E-state index in [4.69, 9.17) is 4.74 Å². The van der Waals surface area contributed by atoms with E-state index in [1.54, 1.807) is 13.8 Å². The molecule has 1 fully saturated rings. The van der Waals surface area contributed by atoms with Gasteiger partial charge in [-0.05, 0) is 13.5 Å². The van der Waals surface area contributed by atoms with Gasteiger partial charge in [-0.2, -0.15) is 0 Å². The molecule has 0 radical (unpaired) electrons. The summed E-state index contributed by atoms with van der Waals surface area (Å²) in [5.74, 6) is -1.79. The molecule has 1 heterocycles. The van der Waals surface area contributed by atoms with Gasteiger partial charge in [-0.1, -0.05) is 6.92 Å². The van der Waals surface area contributed by atoms with E-state index in [2.05, 4.69) is 10.6 Å². The highest BCUT2D eigenvalue weighted by Crippen LogP contribution is 2.19.